The lowest BCUT2D eigenvalue weighted by Crippen LogP contribution is -2.18. The summed E-state index contributed by atoms with van der Waals surface area (Å²) in [6.45, 7) is 0.0447. The van der Waals surface area contributed by atoms with Crippen molar-refractivity contribution in [2.45, 2.75) is 13.0 Å². The van der Waals surface area contributed by atoms with Crippen LogP contribution in [-0.4, -0.2) is 12.5 Å². The summed E-state index contributed by atoms with van der Waals surface area (Å²) in [7, 11) is 0. The van der Waals surface area contributed by atoms with Crippen molar-refractivity contribution in [3.63, 3.8) is 0 Å². The summed E-state index contributed by atoms with van der Waals surface area (Å²) >= 11 is 3.13. The van der Waals surface area contributed by atoms with E-state index in [1.165, 1.54) is 6.07 Å². The van der Waals surface area contributed by atoms with Crippen LogP contribution >= 0.6 is 15.9 Å². The van der Waals surface area contributed by atoms with Gasteiger partial charge in [0.1, 0.15) is 12.4 Å². The Balaban J connectivity index is 1.98. The first kappa shape index (κ1) is 17.1. The first-order valence-electron chi connectivity index (χ1n) is 6.36. The van der Waals surface area contributed by atoms with Crippen molar-refractivity contribution in [1.29, 1.82) is 0 Å². The number of hydrogen-bond donors (Lipinski definition) is 1. The van der Waals surface area contributed by atoms with Crippen molar-refractivity contribution in [2.75, 3.05) is 5.32 Å². The fourth-order valence-electron chi connectivity index (χ4n) is 1.67. The van der Waals surface area contributed by atoms with Crippen LogP contribution in [0.1, 0.15) is 5.56 Å². The lowest BCUT2D eigenvalue weighted by Gasteiger charge is -2.12. The molecule has 0 aromatic heterocycles. The summed E-state index contributed by atoms with van der Waals surface area (Å²) in [5, 5.41) is 2.35. The number of hydrogen-bond acceptors (Lipinski definition) is 3. The Bertz CT molecular complexity index is 677. The van der Waals surface area contributed by atoms with Crippen LogP contribution < -0.4 is 10.1 Å². The fourth-order valence-corrected chi connectivity index (χ4v) is 2.01. The van der Waals surface area contributed by atoms with Crippen LogP contribution in [0.15, 0.2) is 53.0 Å². The second-order valence-electron chi connectivity index (χ2n) is 4.38. The largest absolute Gasteiger partial charge is 0.573 e. The van der Waals surface area contributed by atoms with Crippen LogP contribution in [0.5, 0.6) is 5.75 Å². The fraction of sp³-hybridized carbons (Fsp3) is 0.133. The van der Waals surface area contributed by atoms with Gasteiger partial charge in [0.15, 0.2) is 0 Å². The maximum absolute atomic E-state index is 12.2. The Kier molecular flexibility index (Phi) is 5.49. The number of carbonyl (C=O) groups excluding carboxylic acids is 1. The van der Waals surface area contributed by atoms with Gasteiger partial charge in [-0.25, -0.2) is 4.79 Å². The van der Waals surface area contributed by atoms with Crippen molar-refractivity contribution in [2.24, 2.45) is 0 Å². The quantitative estimate of drug-likeness (QED) is 0.791. The molecule has 2 rings (SSSR count). The molecule has 0 unspecified atom stereocenters. The van der Waals surface area contributed by atoms with Gasteiger partial charge in [0.2, 0.25) is 0 Å². The number of rotatable bonds is 4. The molecule has 8 heteroatoms. The summed E-state index contributed by atoms with van der Waals surface area (Å²) in [6, 6.07) is 12.5. The van der Waals surface area contributed by atoms with E-state index in [0.717, 1.165) is 17.7 Å². The van der Waals surface area contributed by atoms with Crippen LogP contribution in [0.2, 0.25) is 0 Å². The van der Waals surface area contributed by atoms with Crippen molar-refractivity contribution < 1.29 is 27.4 Å². The average Bonchev–Trinajstić information content (AvgIpc) is 2.48. The Morgan fingerprint density at radius 3 is 2.48 bits per heavy atom. The number of alkyl halides is 3. The molecular weight excluding hydrogens is 379 g/mol. The molecule has 122 valence electrons. The number of amides is 1. The highest BCUT2D eigenvalue weighted by atomic mass is 79.9. The third-order valence-electron chi connectivity index (χ3n) is 2.62. The zero-order chi connectivity index (χ0) is 16.9. The summed E-state index contributed by atoms with van der Waals surface area (Å²) < 4.78 is 45.8. The lowest BCUT2D eigenvalue weighted by atomic mass is 10.2. The van der Waals surface area contributed by atoms with E-state index in [0.29, 0.717) is 4.47 Å². The smallest absolute Gasteiger partial charge is 0.444 e. The summed E-state index contributed by atoms with van der Waals surface area (Å²) in [6.07, 6.45) is -5.60. The standard InChI is InChI=1S/C15H11BrF3NO3/c16-12-7-6-11(23-15(17,18)19)8-13(12)20-14(21)22-9-10-4-2-1-3-5-10/h1-8H,9H2,(H,20,21). The van der Waals surface area contributed by atoms with Gasteiger partial charge in [0.25, 0.3) is 0 Å². The highest BCUT2D eigenvalue weighted by molar-refractivity contribution is 9.10. The predicted octanol–water partition coefficient (Wildman–Crippen LogP) is 5.10. The molecule has 0 spiro atoms. The van der Waals surface area contributed by atoms with Crippen molar-refractivity contribution in [3.8, 4) is 5.75 Å². The van der Waals surface area contributed by atoms with Gasteiger partial charge in [-0.1, -0.05) is 30.3 Å². The third-order valence-corrected chi connectivity index (χ3v) is 3.31. The molecule has 0 atom stereocenters. The molecule has 0 aliphatic rings. The Labute approximate surface area is 138 Å². The maximum atomic E-state index is 12.2. The third kappa shape index (κ3) is 5.82. The van der Waals surface area contributed by atoms with Crippen molar-refractivity contribution in [3.05, 3.63) is 58.6 Å². The molecule has 0 bridgehead atoms. The lowest BCUT2D eigenvalue weighted by molar-refractivity contribution is -0.274. The van der Waals surface area contributed by atoms with Gasteiger partial charge in [-0.15, -0.1) is 13.2 Å². The molecule has 1 N–H and O–H groups in total. The minimum atomic E-state index is -4.81. The minimum Gasteiger partial charge on any atom is -0.444 e. The van der Waals surface area contributed by atoms with Gasteiger partial charge in [0.05, 0.1) is 5.69 Å². The van der Waals surface area contributed by atoms with Crippen LogP contribution in [0.3, 0.4) is 0 Å². The number of halogens is 4. The number of nitrogens with one attached hydrogen (secondary N) is 1. The van der Waals surface area contributed by atoms with Gasteiger partial charge >= 0.3 is 12.5 Å². The summed E-state index contributed by atoms with van der Waals surface area (Å²) in [4.78, 5) is 11.7. The molecule has 0 heterocycles. The molecule has 1 amide bonds. The zero-order valence-corrected chi connectivity index (χ0v) is 13.1. The number of benzene rings is 2. The molecule has 0 saturated carbocycles. The van der Waals surface area contributed by atoms with E-state index in [9.17, 15) is 18.0 Å². The van der Waals surface area contributed by atoms with E-state index >= 15 is 0 Å². The average molecular weight is 390 g/mol. The SMILES string of the molecule is O=C(Nc1cc(OC(F)(F)F)ccc1Br)OCc1ccccc1. The maximum Gasteiger partial charge on any atom is 0.573 e. The normalized spacial score (nSPS) is 11.0. The monoisotopic (exact) mass is 389 g/mol. The van der Waals surface area contributed by atoms with E-state index in [1.54, 1.807) is 24.3 Å². The molecular formula is C15H11BrF3NO3. The molecule has 2 aromatic carbocycles. The van der Waals surface area contributed by atoms with Gasteiger partial charge < -0.3 is 9.47 Å². The Morgan fingerprint density at radius 1 is 1.13 bits per heavy atom. The van der Waals surface area contributed by atoms with Crippen LogP contribution in [0.4, 0.5) is 23.7 Å². The predicted molar refractivity (Wildman–Crippen MR) is 81.1 cm³/mol. The van der Waals surface area contributed by atoms with Gasteiger partial charge in [-0.2, -0.15) is 0 Å². The molecule has 0 fully saturated rings. The van der Waals surface area contributed by atoms with Gasteiger partial charge in [0, 0.05) is 10.5 Å². The highest BCUT2D eigenvalue weighted by Gasteiger charge is 2.31. The number of anilines is 1. The number of carbonyl (C=O) groups is 1. The first-order valence-corrected chi connectivity index (χ1v) is 7.16. The van der Waals surface area contributed by atoms with E-state index in [2.05, 4.69) is 26.0 Å². The van der Waals surface area contributed by atoms with Crippen LogP contribution in [-0.2, 0) is 11.3 Å². The molecule has 0 aliphatic heterocycles. The van der Waals surface area contributed by atoms with E-state index in [4.69, 9.17) is 4.74 Å². The van der Waals surface area contributed by atoms with Crippen LogP contribution in [0.25, 0.3) is 0 Å². The van der Waals surface area contributed by atoms with Crippen molar-refractivity contribution >= 4 is 27.7 Å². The summed E-state index contributed by atoms with van der Waals surface area (Å²) in [5.41, 5.74) is 0.890. The second kappa shape index (κ2) is 7.36. The summed E-state index contributed by atoms with van der Waals surface area (Å²) in [5.74, 6) is -0.445. The van der Waals surface area contributed by atoms with E-state index < -0.39 is 18.2 Å². The molecule has 0 aliphatic carbocycles. The van der Waals surface area contributed by atoms with Gasteiger partial charge in [-0.3, -0.25) is 5.32 Å². The van der Waals surface area contributed by atoms with Crippen molar-refractivity contribution in [1.82, 2.24) is 0 Å². The molecule has 4 nitrogen and oxygen atoms in total. The highest BCUT2D eigenvalue weighted by Crippen LogP contribution is 2.30. The minimum absolute atomic E-state index is 0.0447. The van der Waals surface area contributed by atoms with E-state index in [-0.39, 0.29) is 12.3 Å². The molecule has 0 saturated heterocycles. The van der Waals surface area contributed by atoms with E-state index in [1.807, 2.05) is 6.07 Å². The first-order chi connectivity index (χ1) is 10.8. The molecule has 23 heavy (non-hydrogen) atoms. The zero-order valence-electron chi connectivity index (χ0n) is 11.6. The topological polar surface area (TPSA) is 47.6 Å². The number of ether oxygens (including phenoxy) is 2. The molecule has 2 aromatic rings. The molecule has 0 radical (unpaired) electrons. The van der Waals surface area contributed by atoms with Crippen LogP contribution in [0, 0.1) is 0 Å². The Morgan fingerprint density at radius 2 is 1.83 bits per heavy atom. The Hall–Kier alpha value is -2.22. The van der Waals surface area contributed by atoms with Gasteiger partial charge in [-0.05, 0) is 33.6 Å². The second-order valence-corrected chi connectivity index (χ2v) is 5.23.